The molecule has 1 heterocycles. The van der Waals surface area contributed by atoms with Crippen LogP contribution < -0.4 is 0 Å². The van der Waals surface area contributed by atoms with Crippen LogP contribution in [-0.2, 0) is 14.3 Å². The highest BCUT2D eigenvalue weighted by atomic mass is 16.6. The van der Waals surface area contributed by atoms with Crippen LogP contribution in [0.3, 0.4) is 0 Å². The van der Waals surface area contributed by atoms with Gasteiger partial charge in [0, 0.05) is 6.42 Å². The second-order valence-electron chi connectivity index (χ2n) is 5.77. The molecular weight excluding hydrogens is 244 g/mol. The molecular formula is C15H22O4. The molecule has 106 valence electrons. The first-order chi connectivity index (χ1) is 9.00. The van der Waals surface area contributed by atoms with Crippen molar-refractivity contribution in [1.82, 2.24) is 0 Å². The van der Waals surface area contributed by atoms with E-state index in [1.165, 1.54) is 0 Å². The van der Waals surface area contributed by atoms with Gasteiger partial charge >= 0.3 is 5.97 Å². The van der Waals surface area contributed by atoms with Crippen molar-refractivity contribution in [2.75, 3.05) is 0 Å². The molecule has 2 atom stereocenters. The van der Waals surface area contributed by atoms with Crippen molar-refractivity contribution >= 4 is 11.8 Å². The van der Waals surface area contributed by atoms with E-state index in [-0.39, 0.29) is 29.5 Å². The summed E-state index contributed by atoms with van der Waals surface area (Å²) in [5.41, 5.74) is -0.743. The molecule has 2 fully saturated rings. The predicted molar refractivity (Wildman–Crippen MR) is 70.6 cm³/mol. The standard InChI is InChI=1S/C15H22O4/c1-3-6-11(16)13-12(17)9-15(19-14(13)18)8-5-4-7-10(15)2/h10,16H,3-9H2,1-2H3. The monoisotopic (exact) mass is 266 g/mol. The molecule has 1 aliphatic heterocycles. The second kappa shape index (κ2) is 5.35. The molecule has 4 nitrogen and oxygen atoms in total. The highest BCUT2D eigenvalue weighted by molar-refractivity contribution is 6.19. The Kier molecular flexibility index (Phi) is 3.97. The minimum atomic E-state index is -0.629. The first-order valence-electron chi connectivity index (χ1n) is 7.19. The Bertz CT molecular complexity index is 402. The van der Waals surface area contributed by atoms with E-state index in [0.29, 0.717) is 12.8 Å². The normalized spacial score (nSPS) is 34.3. The van der Waals surface area contributed by atoms with Gasteiger partial charge in [-0.1, -0.05) is 20.3 Å². The van der Waals surface area contributed by atoms with E-state index in [4.69, 9.17) is 4.74 Å². The molecule has 1 saturated carbocycles. The minimum Gasteiger partial charge on any atom is -0.511 e. The van der Waals surface area contributed by atoms with Gasteiger partial charge in [0.1, 0.15) is 16.9 Å². The first kappa shape index (κ1) is 14.1. The third kappa shape index (κ3) is 2.53. The molecule has 0 aromatic rings. The van der Waals surface area contributed by atoms with Crippen molar-refractivity contribution in [3.63, 3.8) is 0 Å². The van der Waals surface area contributed by atoms with Crippen molar-refractivity contribution in [2.45, 2.75) is 64.4 Å². The number of ether oxygens (including phenoxy) is 1. The maximum Gasteiger partial charge on any atom is 0.345 e. The zero-order chi connectivity index (χ0) is 14.0. The van der Waals surface area contributed by atoms with Gasteiger partial charge < -0.3 is 9.84 Å². The van der Waals surface area contributed by atoms with E-state index in [0.717, 1.165) is 25.7 Å². The van der Waals surface area contributed by atoms with Gasteiger partial charge in [0.05, 0.1) is 6.42 Å². The Morgan fingerprint density at radius 3 is 2.74 bits per heavy atom. The number of Topliss-reactive ketones (excluding diaryl/α,β-unsaturated/α-hetero) is 1. The predicted octanol–water partition coefficient (Wildman–Crippen LogP) is 3.06. The fourth-order valence-electron chi connectivity index (χ4n) is 3.18. The highest BCUT2D eigenvalue weighted by Crippen LogP contribution is 2.43. The Morgan fingerprint density at radius 1 is 1.42 bits per heavy atom. The number of hydrogen-bond donors (Lipinski definition) is 1. The highest BCUT2D eigenvalue weighted by Gasteiger charge is 2.49. The Hall–Kier alpha value is -1.32. The smallest absolute Gasteiger partial charge is 0.345 e. The summed E-state index contributed by atoms with van der Waals surface area (Å²) in [6.07, 6.45) is 5.12. The van der Waals surface area contributed by atoms with Crippen LogP contribution in [0.1, 0.15) is 58.8 Å². The Morgan fingerprint density at radius 2 is 2.16 bits per heavy atom. The summed E-state index contributed by atoms with van der Waals surface area (Å²) in [5, 5.41) is 9.83. The minimum absolute atomic E-state index is 0.115. The zero-order valence-electron chi connectivity index (χ0n) is 11.7. The SMILES string of the molecule is CCCC(O)=C1C(=O)CC2(CCCCC2C)OC1=O. The van der Waals surface area contributed by atoms with Gasteiger partial charge in [0.2, 0.25) is 0 Å². The molecule has 0 amide bonds. The molecule has 0 radical (unpaired) electrons. The topological polar surface area (TPSA) is 63.6 Å². The van der Waals surface area contributed by atoms with Crippen LogP contribution in [0.2, 0.25) is 0 Å². The van der Waals surface area contributed by atoms with Crippen LogP contribution >= 0.6 is 0 Å². The van der Waals surface area contributed by atoms with Crippen molar-refractivity contribution in [1.29, 1.82) is 0 Å². The van der Waals surface area contributed by atoms with Crippen LogP contribution in [0.4, 0.5) is 0 Å². The van der Waals surface area contributed by atoms with Gasteiger partial charge in [-0.2, -0.15) is 0 Å². The summed E-state index contributed by atoms with van der Waals surface area (Å²) < 4.78 is 5.60. The van der Waals surface area contributed by atoms with E-state index in [1.807, 2.05) is 13.8 Å². The number of esters is 1. The van der Waals surface area contributed by atoms with Crippen molar-refractivity contribution in [3.8, 4) is 0 Å². The molecule has 0 bridgehead atoms. The van der Waals surface area contributed by atoms with E-state index >= 15 is 0 Å². The van der Waals surface area contributed by atoms with E-state index in [1.54, 1.807) is 0 Å². The van der Waals surface area contributed by atoms with Crippen molar-refractivity contribution in [2.24, 2.45) is 5.92 Å². The molecule has 19 heavy (non-hydrogen) atoms. The lowest BCUT2D eigenvalue weighted by molar-refractivity contribution is -0.174. The van der Waals surface area contributed by atoms with Gasteiger partial charge in [-0.15, -0.1) is 0 Å². The quantitative estimate of drug-likeness (QED) is 0.361. The fraction of sp³-hybridized carbons (Fsp3) is 0.733. The number of aliphatic hydroxyl groups is 1. The summed E-state index contributed by atoms with van der Waals surface area (Å²) in [6.45, 7) is 3.93. The van der Waals surface area contributed by atoms with Gasteiger partial charge in [-0.25, -0.2) is 4.79 Å². The fourth-order valence-corrected chi connectivity index (χ4v) is 3.18. The molecule has 1 N–H and O–H groups in total. The number of carbonyl (C=O) groups is 2. The Balaban J connectivity index is 2.25. The number of allylic oxidation sites excluding steroid dienone is 1. The van der Waals surface area contributed by atoms with Crippen LogP contribution in [-0.4, -0.2) is 22.5 Å². The van der Waals surface area contributed by atoms with Gasteiger partial charge in [0.25, 0.3) is 0 Å². The average Bonchev–Trinajstić information content (AvgIpc) is 2.32. The Labute approximate surface area is 113 Å². The first-order valence-corrected chi connectivity index (χ1v) is 7.19. The number of aliphatic hydroxyl groups excluding tert-OH is 1. The third-order valence-corrected chi connectivity index (χ3v) is 4.40. The maximum atomic E-state index is 12.2. The summed E-state index contributed by atoms with van der Waals surface area (Å²) in [5.74, 6) is -0.785. The van der Waals surface area contributed by atoms with Crippen molar-refractivity contribution < 1.29 is 19.4 Å². The van der Waals surface area contributed by atoms with Crippen LogP contribution in [0.25, 0.3) is 0 Å². The largest absolute Gasteiger partial charge is 0.511 e. The van der Waals surface area contributed by atoms with Gasteiger partial charge in [-0.05, 0) is 31.6 Å². The van der Waals surface area contributed by atoms with E-state index in [2.05, 4.69) is 0 Å². The summed E-state index contributed by atoms with van der Waals surface area (Å²) >= 11 is 0. The molecule has 2 aliphatic rings. The molecule has 1 spiro atoms. The van der Waals surface area contributed by atoms with Crippen LogP contribution in [0.15, 0.2) is 11.3 Å². The summed E-state index contributed by atoms with van der Waals surface area (Å²) in [6, 6.07) is 0. The third-order valence-electron chi connectivity index (χ3n) is 4.40. The lowest BCUT2D eigenvalue weighted by Gasteiger charge is -2.44. The lowest BCUT2D eigenvalue weighted by atomic mass is 9.71. The van der Waals surface area contributed by atoms with Gasteiger partial charge in [-0.3, -0.25) is 4.79 Å². The molecule has 1 aliphatic carbocycles. The molecule has 2 rings (SSSR count). The van der Waals surface area contributed by atoms with Crippen LogP contribution in [0, 0.1) is 5.92 Å². The summed E-state index contributed by atoms with van der Waals surface area (Å²) in [7, 11) is 0. The number of ketones is 1. The molecule has 0 aromatic carbocycles. The van der Waals surface area contributed by atoms with Crippen molar-refractivity contribution in [3.05, 3.63) is 11.3 Å². The number of hydrogen-bond acceptors (Lipinski definition) is 4. The molecule has 4 heteroatoms. The number of rotatable bonds is 2. The molecule has 1 saturated heterocycles. The second-order valence-corrected chi connectivity index (χ2v) is 5.77. The maximum absolute atomic E-state index is 12.2. The van der Waals surface area contributed by atoms with E-state index in [9.17, 15) is 14.7 Å². The number of carbonyl (C=O) groups excluding carboxylic acids is 2. The van der Waals surface area contributed by atoms with Gasteiger partial charge in [0.15, 0.2) is 5.78 Å². The average molecular weight is 266 g/mol. The molecule has 2 unspecified atom stereocenters. The van der Waals surface area contributed by atoms with E-state index < -0.39 is 11.6 Å². The zero-order valence-corrected chi connectivity index (χ0v) is 11.7. The lowest BCUT2D eigenvalue weighted by Crippen LogP contribution is -2.50. The molecule has 0 aromatic heterocycles. The van der Waals surface area contributed by atoms with Crippen LogP contribution in [0.5, 0.6) is 0 Å². The summed E-state index contributed by atoms with van der Waals surface area (Å²) in [4.78, 5) is 24.3.